The van der Waals surface area contributed by atoms with Crippen molar-refractivity contribution in [2.45, 2.75) is 18.0 Å². The SMILES string of the molecule is Cc1nc2c(-c3ccccc3)c(C(F)(F)F)[nH]n2c(=O)c1C(=O)Nc1ccc(S(C)(=O)=O)cn1. The maximum Gasteiger partial charge on any atom is 0.433 e. The van der Waals surface area contributed by atoms with Crippen LogP contribution < -0.4 is 10.9 Å². The molecule has 0 aliphatic rings. The first-order valence-corrected chi connectivity index (χ1v) is 11.5. The Morgan fingerprint density at radius 1 is 1.12 bits per heavy atom. The fourth-order valence-corrected chi connectivity index (χ4v) is 3.94. The summed E-state index contributed by atoms with van der Waals surface area (Å²) in [5, 5.41) is 4.37. The van der Waals surface area contributed by atoms with Gasteiger partial charge in [-0.05, 0) is 24.6 Å². The molecule has 0 radical (unpaired) electrons. The largest absolute Gasteiger partial charge is 0.433 e. The van der Waals surface area contributed by atoms with Crippen LogP contribution in [0.25, 0.3) is 16.8 Å². The third-order valence-corrected chi connectivity index (χ3v) is 6.04. The molecule has 0 bridgehead atoms. The summed E-state index contributed by atoms with van der Waals surface area (Å²) in [6.45, 7) is 1.32. The predicted octanol–water partition coefficient (Wildman–Crippen LogP) is 3.07. The van der Waals surface area contributed by atoms with E-state index < -0.39 is 38.7 Å². The van der Waals surface area contributed by atoms with Gasteiger partial charge in [0.1, 0.15) is 17.1 Å². The first-order valence-electron chi connectivity index (χ1n) is 9.63. The second-order valence-electron chi connectivity index (χ2n) is 7.37. The smallest absolute Gasteiger partial charge is 0.306 e. The van der Waals surface area contributed by atoms with Gasteiger partial charge in [0.15, 0.2) is 15.5 Å². The molecular formula is C21H16F3N5O4S. The van der Waals surface area contributed by atoms with Crippen LogP contribution in [-0.4, -0.2) is 40.2 Å². The van der Waals surface area contributed by atoms with E-state index in [0.717, 1.165) is 12.5 Å². The van der Waals surface area contributed by atoms with Crippen LogP contribution in [0.3, 0.4) is 0 Å². The van der Waals surface area contributed by atoms with Crippen molar-refractivity contribution in [1.82, 2.24) is 19.6 Å². The van der Waals surface area contributed by atoms with E-state index in [1.165, 1.54) is 31.2 Å². The highest BCUT2D eigenvalue weighted by Gasteiger charge is 2.38. The molecule has 2 N–H and O–H groups in total. The number of pyridine rings is 1. The van der Waals surface area contributed by atoms with Crippen LogP contribution in [0.15, 0.2) is 58.4 Å². The van der Waals surface area contributed by atoms with E-state index in [1.54, 1.807) is 18.2 Å². The number of amides is 1. The summed E-state index contributed by atoms with van der Waals surface area (Å²) in [6, 6.07) is 10.1. The van der Waals surface area contributed by atoms with Crippen LogP contribution >= 0.6 is 0 Å². The quantitative estimate of drug-likeness (QED) is 0.452. The zero-order valence-electron chi connectivity index (χ0n) is 17.6. The summed E-state index contributed by atoms with van der Waals surface area (Å²) in [6.07, 6.45) is -2.81. The van der Waals surface area contributed by atoms with Gasteiger partial charge in [-0.2, -0.15) is 17.7 Å². The second kappa shape index (κ2) is 8.09. The van der Waals surface area contributed by atoms with Gasteiger partial charge in [-0.3, -0.25) is 14.7 Å². The Bertz CT molecular complexity index is 1580. The lowest BCUT2D eigenvalue weighted by Gasteiger charge is -2.08. The Labute approximate surface area is 190 Å². The highest BCUT2D eigenvalue weighted by molar-refractivity contribution is 7.90. The van der Waals surface area contributed by atoms with E-state index in [2.05, 4.69) is 15.3 Å². The van der Waals surface area contributed by atoms with Crippen LogP contribution in [0.1, 0.15) is 21.7 Å². The number of aromatic nitrogens is 4. The Morgan fingerprint density at radius 2 is 1.79 bits per heavy atom. The van der Waals surface area contributed by atoms with Crippen molar-refractivity contribution in [1.29, 1.82) is 0 Å². The number of alkyl halides is 3. The van der Waals surface area contributed by atoms with E-state index in [1.807, 2.05) is 5.10 Å². The molecule has 9 nitrogen and oxygen atoms in total. The van der Waals surface area contributed by atoms with E-state index in [9.17, 15) is 31.2 Å². The number of sulfone groups is 1. The van der Waals surface area contributed by atoms with Crippen molar-refractivity contribution in [3.05, 3.63) is 76.0 Å². The van der Waals surface area contributed by atoms with Crippen molar-refractivity contribution in [3.63, 3.8) is 0 Å². The summed E-state index contributed by atoms with van der Waals surface area (Å²) in [5.41, 5.74) is -3.24. The molecule has 1 amide bonds. The molecule has 0 atom stereocenters. The van der Waals surface area contributed by atoms with Crippen LogP contribution in [-0.2, 0) is 16.0 Å². The molecule has 3 heterocycles. The zero-order valence-corrected chi connectivity index (χ0v) is 18.5. The maximum atomic E-state index is 13.8. The van der Waals surface area contributed by atoms with Gasteiger partial charge in [-0.15, -0.1) is 0 Å². The number of anilines is 1. The number of benzene rings is 1. The van der Waals surface area contributed by atoms with Crippen LogP contribution in [0.2, 0.25) is 0 Å². The van der Waals surface area contributed by atoms with Crippen molar-refractivity contribution >= 4 is 27.2 Å². The molecule has 0 saturated carbocycles. The minimum Gasteiger partial charge on any atom is -0.306 e. The highest BCUT2D eigenvalue weighted by Crippen LogP contribution is 2.38. The third kappa shape index (κ3) is 4.17. The summed E-state index contributed by atoms with van der Waals surface area (Å²) in [5.74, 6) is -1.03. The number of carbonyl (C=O) groups is 1. The van der Waals surface area contributed by atoms with Gasteiger partial charge in [0.2, 0.25) is 0 Å². The van der Waals surface area contributed by atoms with E-state index in [-0.39, 0.29) is 33.2 Å². The van der Waals surface area contributed by atoms with E-state index >= 15 is 0 Å². The number of hydrogen-bond donors (Lipinski definition) is 2. The van der Waals surface area contributed by atoms with Crippen molar-refractivity contribution in [2.75, 3.05) is 11.6 Å². The monoisotopic (exact) mass is 491 g/mol. The first kappa shape index (κ1) is 23.2. The van der Waals surface area contributed by atoms with Gasteiger partial charge in [0, 0.05) is 12.5 Å². The molecule has 4 rings (SSSR count). The van der Waals surface area contributed by atoms with E-state index in [0.29, 0.717) is 4.52 Å². The predicted molar refractivity (Wildman–Crippen MR) is 116 cm³/mol. The maximum absolute atomic E-state index is 13.8. The summed E-state index contributed by atoms with van der Waals surface area (Å²) in [7, 11) is -3.51. The fraction of sp³-hybridized carbons (Fsp3) is 0.143. The van der Waals surface area contributed by atoms with Gasteiger partial charge < -0.3 is 5.32 Å². The first-order chi connectivity index (χ1) is 15.9. The lowest BCUT2D eigenvalue weighted by molar-refractivity contribution is -0.140. The highest BCUT2D eigenvalue weighted by atomic mass is 32.2. The minimum atomic E-state index is -4.83. The molecule has 0 spiro atoms. The van der Waals surface area contributed by atoms with Crippen LogP contribution in [0, 0.1) is 6.92 Å². The Hall–Kier alpha value is -4.00. The number of H-pyrrole nitrogens is 1. The molecule has 0 aliphatic heterocycles. The molecule has 4 aromatic rings. The number of hydrogen-bond acceptors (Lipinski definition) is 6. The number of halogens is 3. The standard InChI is InChI=1S/C21H16F3N5O4S/c1-11-15(19(30)27-14-9-8-13(10-25-14)34(2,32)33)20(31)29-18(26-11)16(12-6-4-3-5-7-12)17(28-29)21(22,23)24/h3-10,28H,1-2H3,(H,25,27,30). The molecular weight excluding hydrogens is 475 g/mol. The number of aromatic amines is 1. The minimum absolute atomic E-state index is 0.0614. The normalized spacial score (nSPS) is 12.1. The molecule has 34 heavy (non-hydrogen) atoms. The molecule has 0 aliphatic carbocycles. The van der Waals surface area contributed by atoms with Gasteiger partial charge in [-0.25, -0.2) is 18.4 Å². The molecule has 0 saturated heterocycles. The van der Waals surface area contributed by atoms with Crippen LogP contribution in [0.4, 0.5) is 19.0 Å². The topological polar surface area (TPSA) is 126 Å². The lowest BCUT2D eigenvalue weighted by Crippen LogP contribution is -2.29. The molecule has 176 valence electrons. The lowest BCUT2D eigenvalue weighted by atomic mass is 10.1. The average Bonchev–Trinajstić information content (AvgIpc) is 3.14. The summed E-state index contributed by atoms with van der Waals surface area (Å²) >= 11 is 0. The molecule has 0 fully saturated rings. The number of nitrogens with one attached hydrogen (secondary N) is 2. The van der Waals surface area contributed by atoms with Crippen molar-refractivity contribution in [3.8, 4) is 11.1 Å². The Kier molecular flexibility index (Phi) is 5.52. The van der Waals surface area contributed by atoms with Gasteiger partial charge in [0.25, 0.3) is 11.5 Å². The van der Waals surface area contributed by atoms with Crippen LogP contribution in [0.5, 0.6) is 0 Å². The van der Waals surface area contributed by atoms with Gasteiger partial charge in [-0.1, -0.05) is 30.3 Å². The Balaban J connectivity index is 1.83. The summed E-state index contributed by atoms with van der Waals surface area (Å²) < 4.78 is 64.9. The van der Waals surface area contributed by atoms with Gasteiger partial charge >= 0.3 is 6.18 Å². The number of carbonyl (C=O) groups excluding carboxylic acids is 1. The number of nitrogens with zero attached hydrogens (tertiary/aromatic N) is 3. The van der Waals surface area contributed by atoms with Crippen molar-refractivity contribution in [2.24, 2.45) is 0 Å². The zero-order chi connectivity index (χ0) is 24.8. The van der Waals surface area contributed by atoms with E-state index in [4.69, 9.17) is 0 Å². The number of rotatable bonds is 4. The third-order valence-electron chi connectivity index (χ3n) is 4.94. The van der Waals surface area contributed by atoms with Crippen molar-refractivity contribution < 1.29 is 26.4 Å². The average molecular weight is 491 g/mol. The van der Waals surface area contributed by atoms with Gasteiger partial charge in [0.05, 0.1) is 16.2 Å². The number of fused-ring (bicyclic) bond motifs is 1. The molecule has 0 unspecified atom stereocenters. The molecule has 13 heteroatoms. The number of aryl methyl sites for hydroxylation is 1. The Morgan fingerprint density at radius 3 is 2.35 bits per heavy atom. The molecule has 1 aromatic carbocycles. The summed E-state index contributed by atoms with van der Waals surface area (Å²) in [4.78, 5) is 33.7. The fourth-order valence-electron chi connectivity index (χ4n) is 3.38. The second-order valence-corrected chi connectivity index (χ2v) is 9.38. The molecule has 3 aromatic heterocycles.